The Bertz CT molecular complexity index is 1000. The summed E-state index contributed by atoms with van der Waals surface area (Å²) in [4.78, 5) is 12.8. The van der Waals surface area contributed by atoms with E-state index in [9.17, 15) is 4.79 Å². The molecule has 0 unspecified atom stereocenters. The summed E-state index contributed by atoms with van der Waals surface area (Å²) in [6, 6.07) is 11.5. The van der Waals surface area contributed by atoms with Gasteiger partial charge >= 0.3 is 5.97 Å². The third kappa shape index (κ3) is 4.93. The molecular weight excluding hydrogens is 454 g/mol. The normalized spacial score (nSPS) is 14.6. The number of halogens is 1. The van der Waals surface area contributed by atoms with Crippen molar-refractivity contribution in [2.75, 3.05) is 18.0 Å². The molecule has 1 aromatic carbocycles. The van der Waals surface area contributed by atoms with E-state index >= 15 is 0 Å². The number of piperidine rings is 1. The van der Waals surface area contributed by atoms with Gasteiger partial charge in [0, 0.05) is 32.4 Å². The zero-order chi connectivity index (χ0) is 20.9. The van der Waals surface area contributed by atoms with Crippen LogP contribution in [0.2, 0.25) is 0 Å². The fourth-order valence-corrected chi connectivity index (χ4v) is 3.58. The summed E-state index contributed by atoms with van der Waals surface area (Å²) < 4.78 is 12.5. The molecule has 0 spiro atoms. The van der Waals surface area contributed by atoms with Gasteiger partial charge in [0.2, 0.25) is 5.89 Å². The third-order valence-corrected chi connectivity index (χ3v) is 5.44. The highest BCUT2D eigenvalue weighted by molar-refractivity contribution is 9.10. The molecule has 3 aromatic rings. The molecule has 0 amide bonds. The standard InChI is InChI=1S/C20H20BrN5O4/c21-14-3-1-2-4-16(14)29-13-9-11-26(12-10-13)17-6-5-15(22-23-17)20-25-24-18(30-20)7-8-19(27)28/h1-6,13H,7-12H2,(H,27,28). The lowest BCUT2D eigenvalue weighted by Gasteiger charge is -2.32. The van der Waals surface area contributed by atoms with Crippen LogP contribution in [0.3, 0.4) is 0 Å². The van der Waals surface area contributed by atoms with Crippen LogP contribution in [0.15, 0.2) is 45.3 Å². The second-order valence-corrected chi connectivity index (χ2v) is 7.76. The number of benzene rings is 1. The number of rotatable bonds is 7. The fraction of sp³-hybridized carbons (Fsp3) is 0.350. The first-order chi connectivity index (χ1) is 14.6. The Hall–Kier alpha value is -3.01. The maximum Gasteiger partial charge on any atom is 0.303 e. The summed E-state index contributed by atoms with van der Waals surface area (Å²) in [5.41, 5.74) is 0.458. The van der Waals surface area contributed by atoms with Gasteiger partial charge in [0.25, 0.3) is 5.89 Å². The summed E-state index contributed by atoms with van der Waals surface area (Å²) in [7, 11) is 0. The van der Waals surface area contributed by atoms with E-state index in [2.05, 4.69) is 41.2 Å². The van der Waals surface area contributed by atoms with Gasteiger partial charge in [-0.25, -0.2) is 0 Å². The van der Waals surface area contributed by atoms with Gasteiger partial charge < -0.3 is 19.2 Å². The lowest BCUT2D eigenvalue weighted by molar-refractivity contribution is -0.137. The van der Waals surface area contributed by atoms with E-state index in [-0.39, 0.29) is 30.7 Å². The molecule has 0 aliphatic carbocycles. The second-order valence-electron chi connectivity index (χ2n) is 6.91. The predicted molar refractivity (Wildman–Crippen MR) is 111 cm³/mol. The molecule has 0 radical (unpaired) electrons. The minimum atomic E-state index is -0.913. The first kappa shape index (κ1) is 20.3. The molecular formula is C20H20BrN5O4. The van der Waals surface area contributed by atoms with Crippen molar-refractivity contribution >= 4 is 27.7 Å². The molecule has 9 nitrogen and oxygen atoms in total. The van der Waals surface area contributed by atoms with Crippen LogP contribution in [0.5, 0.6) is 5.75 Å². The zero-order valence-electron chi connectivity index (χ0n) is 16.1. The van der Waals surface area contributed by atoms with E-state index in [0.717, 1.165) is 42.0 Å². The molecule has 156 valence electrons. The van der Waals surface area contributed by atoms with Gasteiger partial charge in [-0.15, -0.1) is 20.4 Å². The van der Waals surface area contributed by atoms with Crippen molar-refractivity contribution in [3.05, 3.63) is 46.8 Å². The van der Waals surface area contributed by atoms with Gasteiger partial charge in [-0.05, 0) is 40.2 Å². The topological polar surface area (TPSA) is 114 Å². The quantitative estimate of drug-likeness (QED) is 0.551. The van der Waals surface area contributed by atoms with Crippen LogP contribution >= 0.6 is 15.9 Å². The minimum Gasteiger partial charge on any atom is -0.489 e. The summed E-state index contributed by atoms with van der Waals surface area (Å²) >= 11 is 3.52. The van der Waals surface area contributed by atoms with Crippen LogP contribution in [-0.2, 0) is 11.2 Å². The van der Waals surface area contributed by atoms with Crippen LogP contribution in [-0.4, -0.2) is 50.7 Å². The number of aryl methyl sites for hydroxylation is 1. The molecule has 1 saturated heterocycles. The molecule has 4 rings (SSSR count). The Kier molecular flexibility index (Phi) is 6.22. The third-order valence-electron chi connectivity index (χ3n) is 4.79. The van der Waals surface area contributed by atoms with Crippen molar-refractivity contribution in [1.82, 2.24) is 20.4 Å². The lowest BCUT2D eigenvalue weighted by Crippen LogP contribution is -2.38. The number of ether oxygens (including phenoxy) is 1. The number of anilines is 1. The second kappa shape index (κ2) is 9.21. The summed E-state index contributed by atoms with van der Waals surface area (Å²) in [6.45, 7) is 1.64. The van der Waals surface area contributed by atoms with Crippen LogP contribution in [0, 0.1) is 0 Å². The number of aliphatic carboxylic acids is 1. The molecule has 0 bridgehead atoms. The highest BCUT2D eigenvalue weighted by Gasteiger charge is 2.22. The van der Waals surface area contributed by atoms with Gasteiger partial charge in [0.05, 0.1) is 10.9 Å². The maximum atomic E-state index is 10.6. The number of hydrogen-bond acceptors (Lipinski definition) is 8. The van der Waals surface area contributed by atoms with Crippen molar-refractivity contribution in [2.24, 2.45) is 0 Å². The molecule has 0 saturated carbocycles. The summed E-state index contributed by atoms with van der Waals surface area (Å²) in [5, 5.41) is 25.0. The number of carboxylic acid groups (broad SMARTS) is 1. The lowest BCUT2D eigenvalue weighted by atomic mass is 10.1. The van der Waals surface area contributed by atoms with Gasteiger partial charge in [0.15, 0.2) is 5.82 Å². The van der Waals surface area contributed by atoms with Gasteiger partial charge in [0.1, 0.15) is 17.5 Å². The number of para-hydroxylation sites is 1. The van der Waals surface area contributed by atoms with E-state index in [0.29, 0.717) is 5.69 Å². The van der Waals surface area contributed by atoms with E-state index < -0.39 is 5.97 Å². The number of nitrogens with zero attached hydrogens (tertiary/aromatic N) is 5. The molecule has 2 aromatic heterocycles. The predicted octanol–water partition coefficient (Wildman–Crippen LogP) is 3.35. The monoisotopic (exact) mass is 473 g/mol. The molecule has 0 atom stereocenters. The van der Waals surface area contributed by atoms with E-state index in [1.807, 2.05) is 30.3 Å². The molecule has 1 aliphatic rings. The fourth-order valence-electron chi connectivity index (χ4n) is 3.20. The Labute approximate surface area is 181 Å². The SMILES string of the molecule is O=C(O)CCc1nnc(-c2ccc(N3CCC(Oc4ccccc4Br)CC3)nn2)o1. The first-order valence-electron chi connectivity index (χ1n) is 9.63. The Morgan fingerprint density at radius 1 is 1.13 bits per heavy atom. The highest BCUT2D eigenvalue weighted by atomic mass is 79.9. The first-order valence-corrected chi connectivity index (χ1v) is 10.4. The van der Waals surface area contributed by atoms with Crippen molar-refractivity contribution in [1.29, 1.82) is 0 Å². The van der Waals surface area contributed by atoms with Crippen LogP contribution in [0.1, 0.15) is 25.2 Å². The van der Waals surface area contributed by atoms with E-state index in [1.165, 1.54) is 0 Å². The summed E-state index contributed by atoms with van der Waals surface area (Å²) in [5.74, 6) is 1.23. The van der Waals surface area contributed by atoms with Crippen molar-refractivity contribution in [3.8, 4) is 17.3 Å². The molecule has 1 aliphatic heterocycles. The van der Waals surface area contributed by atoms with Crippen molar-refractivity contribution in [3.63, 3.8) is 0 Å². The number of hydrogen-bond donors (Lipinski definition) is 1. The van der Waals surface area contributed by atoms with Crippen LogP contribution in [0.4, 0.5) is 5.82 Å². The van der Waals surface area contributed by atoms with Crippen LogP contribution in [0.25, 0.3) is 11.6 Å². The largest absolute Gasteiger partial charge is 0.489 e. The molecule has 10 heteroatoms. The molecule has 1 fully saturated rings. The zero-order valence-corrected chi connectivity index (χ0v) is 17.7. The Morgan fingerprint density at radius 3 is 2.63 bits per heavy atom. The van der Waals surface area contributed by atoms with E-state index in [4.69, 9.17) is 14.3 Å². The highest BCUT2D eigenvalue weighted by Crippen LogP contribution is 2.28. The average Bonchev–Trinajstić information content (AvgIpc) is 3.24. The molecule has 1 N–H and O–H groups in total. The summed E-state index contributed by atoms with van der Waals surface area (Å²) in [6.07, 6.45) is 2.06. The van der Waals surface area contributed by atoms with Crippen molar-refractivity contribution < 1.29 is 19.1 Å². The van der Waals surface area contributed by atoms with Crippen molar-refractivity contribution in [2.45, 2.75) is 31.8 Å². The molecule has 3 heterocycles. The number of carboxylic acids is 1. The number of carbonyl (C=O) groups is 1. The van der Waals surface area contributed by atoms with Gasteiger partial charge in [-0.1, -0.05) is 12.1 Å². The van der Waals surface area contributed by atoms with E-state index in [1.54, 1.807) is 6.07 Å². The van der Waals surface area contributed by atoms with Gasteiger partial charge in [-0.2, -0.15) is 0 Å². The Balaban J connectivity index is 1.33. The maximum absolute atomic E-state index is 10.6. The molecule has 30 heavy (non-hydrogen) atoms. The Morgan fingerprint density at radius 2 is 1.93 bits per heavy atom. The average molecular weight is 474 g/mol. The van der Waals surface area contributed by atoms with Crippen LogP contribution < -0.4 is 9.64 Å². The van der Waals surface area contributed by atoms with Gasteiger partial charge in [-0.3, -0.25) is 4.79 Å². The minimum absolute atomic E-state index is 0.0624. The smallest absolute Gasteiger partial charge is 0.303 e. The number of aromatic nitrogens is 4.